The van der Waals surface area contributed by atoms with Crippen LogP contribution in [0, 0.1) is 0 Å². The van der Waals surface area contributed by atoms with Gasteiger partial charge in [-0.1, -0.05) is 176 Å². The van der Waals surface area contributed by atoms with E-state index in [1.165, 1.54) is 0 Å². The monoisotopic (exact) mass is 736 g/mol. The van der Waals surface area contributed by atoms with Gasteiger partial charge in [0.05, 0.1) is 41.2 Å². The van der Waals surface area contributed by atoms with Crippen LogP contribution in [0.1, 0.15) is 36.0 Å². The molecule has 0 saturated heterocycles. The lowest BCUT2D eigenvalue weighted by Crippen LogP contribution is -2.31. The summed E-state index contributed by atoms with van der Waals surface area (Å²) < 4.78 is 91.8. The van der Waals surface area contributed by atoms with Crippen LogP contribution in [0.25, 0.3) is 66.1 Å². The van der Waals surface area contributed by atoms with E-state index in [1.807, 2.05) is 127 Å². The van der Waals surface area contributed by atoms with Gasteiger partial charge < -0.3 is 9.13 Å². The van der Waals surface area contributed by atoms with Gasteiger partial charge in [0.2, 0.25) is 0 Å². The van der Waals surface area contributed by atoms with Crippen LogP contribution in [-0.2, 0) is 5.41 Å². The molecule has 268 valence electrons. The number of hydrogen-bond donors (Lipinski definition) is 0. The minimum Gasteiger partial charge on any atom is -0.309 e. The molecule has 11 aromatic rings. The molecule has 0 aliphatic heterocycles. The predicted molar refractivity (Wildman–Crippen MR) is 239 cm³/mol. The Morgan fingerprint density at radius 1 is 0.316 bits per heavy atom. The van der Waals surface area contributed by atoms with Gasteiger partial charge in [-0.25, -0.2) is 0 Å². The maximum absolute atomic E-state index is 9.30. The Hall–Kier alpha value is -7.42. The van der Waals surface area contributed by atoms with Crippen molar-refractivity contribution in [3.63, 3.8) is 0 Å². The summed E-state index contributed by atoms with van der Waals surface area (Å²) in [6.45, 7) is 0. The topological polar surface area (TPSA) is 9.86 Å². The summed E-state index contributed by atoms with van der Waals surface area (Å²) in [7, 11) is 0. The first-order chi connectivity index (χ1) is 32.4. The summed E-state index contributed by atoms with van der Waals surface area (Å²) >= 11 is 0. The van der Waals surface area contributed by atoms with Crippen LogP contribution in [0.2, 0.25) is 0 Å². The fourth-order valence-corrected chi connectivity index (χ4v) is 8.86. The molecule has 0 unspecified atom stereocenters. The van der Waals surface area contributed by atoms with E-state index in [2.05, 4.69) is 41.0 Å². The Bertz CT molecular complexity index is 3670. The summed E-state index contributed by atoms with van der Waals surface area (Å²) in [5.74, 6) is 0. The van der Waals surface area contributed by atoms with E-state index in [0.29, 0.717) is 16.6 Å². The first-order valence-electron chi connectivity index (χ1n) is 23.9. The second-order valence-electron chi connectivity index (χ2n) is 14.2. The standard InChI is InChI=1S/C55H38N2/c1-5-18-39(19-6-1)40-20-17-25-43(36-40)55(41-21-7-2-8-22-41,42-23-9-3-10-24-42)44-32-34-49-50-38-46(33-35-53(50)56(54(49)37-44)45-26-11-4-12-27-45)57-51-30-15-13-28-47(51)48-29-14-16-31-52(48)57/h1-38H/i1D,4D,5D,6D,11D,12D,18D,19D,26D,27D. The fourth-order valence-electron chi connectivity index (χ4n) is 8.86. The van der Waals surface area contributed by atoms with Crippen molar-refractivity contribution in [3.8, 4) is 22.5 Å². The molecule has 2 aromatic heterocycles. The second kappa shape index (κ2) is 13.4. The molecule has 2 heterocycles. The van der Waals surface area contributed by atoms with Gasteiger partial charge in [0.1, 0.15) is 0 Å². The number of hydrogen-bond acceptors (Lipinski definition) is 0. The zero-order valence-corrected chi connectivity index (χ0v) is 30.6. The van der Waals surface area contributed by atoms with Gasteiger partial charge in [0.25, 0.3) is 0 Å². The molecule has 9 aromatic carbocycles. The number of fused-ring (bicyclic) bond motifs is 6. The highest BCUT2D eigenvalue weighted by Gasteiger charge is 2.39. The van der Waals surface area contributed by atoms with Crippen molar-refractivity contribution < 1.29 is 13.7 Å². The van der Waals surface area contributed by atoms with Crippen LogP contribution in [-0.4, -0.2) is 9.13 Å². The third-order valence-electron chi connectivity index (χ3n) is 11.2. The van der Waals surface area contributed by atoms with E-state index >= 15 is 0 Å². The summed E-state index contributed by atoms with van der Waals surface area (Å²) in [5, 5.41) is 3.81. The summed E-state index contributed by atoms with van der Waals surface area (Å²) in [6.07, 6.45) is 0. The first-order valence-corrected chi connectivity index (χ1v) is 18.9. The third kappa shape index (κ3) is 5.18. The molecule has 0 bridgehead atoms. The second-order valence-corrected chi connectivity index (χ2v) is 14.2. The van der Waals surface area contributed by atoms with Gasteiger partial charge in [-0.3, -0.25) is 0 Å². The molecule has 0 aliphatic carbocycles. The van der Waals surface area contributed by atoms with Crippen LogP contribution in [0.3, 0.4) is 0 Å². The van der Waals surface area contributed by atoms with E-state index in [1.54, 1.807) is 10.6 Å². The van der Waals surface area contributed by atoms with Gasteiger partial charge in [-0.05, 0) is 87.9 Å². The fraction of sp³-hybridized carbons (Fsp3) is 0.0182. The number of nitrogens with zero attached hydrogens (tertiary/aromatic N) is 2. The van der Waals surface area contributed by atoms with Crippen molar-refractivity contribution >= 4 is 43.6 Å². The minimum atomic E-state index is -1.12. The van der Waals surface area contributed by atoms with Crippen LogP contribution < -0.4 is 0 Å². The smallest absolute Gasteiger partial charge is 0.0702 e. The molecule has 0 fully saturated rings. The van der Waals surface area contributed by atoms with Crippen molar-refractivity contribution in [2.75, 3.05) is 0 Å². The molecule has 11 rings (SSSR count). The number of rotatable bonds is 7. The van der Waals surface area contributed by atoms with Gasteiger partial charge >= 0.3 is 0 Å². The Labute approximate surface area is 346 Å². The largest absolute Gasteiger partial charge is 0.309 e. The molecule has 0 N–H and O–H groups in total. The highest BCUT2D eigenvalue weighted by atomic mass is 15.0. The molecule has 0 spiro atoms. The van der Waals surface area contributed by atoms with Crippen molar-refractivity contribution in [1.82, 2.24) is 9.13 Å². The van der Waals surface area contributed by atoms with Crippen LogP contribution in [0.4, 0.5) is 0 Å². The van der Waals surface area contributed by atoms with Crippen molar-refractivity contribution in [2.45, 2.75) is 5.41 Å². The Balaban J connectivity index is 1.26. The maximum atomic E-state index is 9.30. The predicted octanol–water partition coefficient (Wildman–Crippen LogP) is 13.9. The van der Waals surface area contributed by atoms with E-state index in [-0.39, 0.29) is 35.4 Å². The van der Waals surface area contributed by atoms with Crippen LogP contribution in [0.5, 0.6) is 0 Å². The molecule has 2 nitrogen and oxygen atoms in total. The van der Waals surface area contributed by atoms with Crippen molar-refractivity contribution in [1.29, 1.82) is 0 Å². The number of para-hydroxylation sites is 3. The Morgan fingerprint density at radius 2 is 0.842 bits per heavy atom. The molecule has 0 saturated carbocycles. The van der Waals surface area contributed by atoms with E-state index in [0.717, 1.165) is 60.5 Å². The normalized spacial score (nSPS) is 14.3. The quantitative estimate of drug-likeness (QED) is 0.144. The lowest BCUT2D eigenvalue weighted by atomic mass is 9.64. The lowest BCUT2D eigenvalue weighted by molar-refractivity contribution is 0.746. The molecular formula is C55H38N2. The molecule has 2 heteroatoms. The highest BCUT2D eigenvalue weighted by molar-refractivity contribution is 6.12. The summed E-state index contributed by atoms with van der Waals surface area (Å²) in [6, 6.07) is 52.1. The van der Waals surface area contributed by atoms with Crippen LogP contribution >= 0.6 is 0 Å². The van der Waals surface area contributed by atoms with Crippen molar-refractivity contribution in [2.24, 2.45) is 0 Å². The van der Waals surface area contributed by atoms with Crippen LogP contribution in [0.15, 0.2) is 230 Å². The first kappa shape index (κ1) is 24.2. The zero-order chi connectivity index (χ0) is 46.5. The number of benzene rings is 9. The average Bonchev–Trinajstić information content (AvgIpc) is 3.87. The van der Waals surface area contributed by atoms with Gasteiger partial charge in [0.15, 0.2) is 0 Å². The Kier molecular flexibility index (Phi) is 5.68. The molecular weight excluding hydrogens is 689 g/mol. The van der Waals surface area contributed by atoms with E-state index < -0.39 is 41.7 Å². The summed E-state index contributed by atoms with van der Waals surface area (Å²) in [4.78, 5) is 0. The lowest BCUT2D eigenvalue weighted by Gasteiger charge is -2.37. The van der Waals surface area contributed by atoms with Gasteiger partial charge in [-0.15, -0.1) is 0 Å². The maximum Gasteiger partial charge on any atom is 0.0702 e. The van der Waals surface area contributed by atoms with Gasteiger partial charge in [-0.2, -0.15) is 0 Å². The zero-order valence-electron chi connectivity index (χ0n) is 40.6. The highest BCUT2D eigenvalue weighted by Crippen LogP contribution is 2.48. The van der Waals surface area contributed by atoms with E-state index in [9.17, 15) is 2.74 Å². The van der Waals surface area contributed by atoms with E-state index in [4.69, 9.17) is 11.0 Å². The van der Waals surface area contributed by atoms with Gasteiger partial charge in [0, 0.05) is 32.9 Å². The minimum absolute atomic E-state index is 0.0148. The average molecular weight is 737 g/mol. The Morgan fingerprint density at radius 3 is 1.51 bits per heavy atom. The number of aromatic nitrogens is 2. The SMILES string of the molecule is [2H]c1c([2H])c([2H])c(-c2cccc(C(c3ccccc3)(c3ccccc3)c3ccc4c5cc(-n6c7ccccc7c7ccccc76)ccc5n(-c5c([2H])c([2H])c([2H])c([2H])c5[2H])c4c3)c2)c([2H])c1[2H]. The summed E-state index contributed by atoms with van der Waals surface area (Å²) in [5.41, 5.74) is 6.88. The molecule has 0 amide bonds. The molecule has 0 radical (unpaired) electrons. The molecule has 57 heavy (non-hydrogen) atoms. The molecule has 0 atom stereocenters. The van der Waals surface area contributed by atoms with Crippen molar-refractivity contribution in [3.05, 3.63) is 253 Å². The third-order valence-corrected chi connectivity index (χ3v) is 11.2. The molecule has 0 aliphatic rings.